The first-order chi connectivity index (χ1) is 14.5. The topological polar surface area (TPSA) is 104 Å². The minimum Gasteiger partial charge on any atom is -0.337 e. The van der Waals surface area contributed by atoms with Gasteiger partial charge in [0.05, 0.1) is 5.69 Å². The molecule has 2 unspecified atom stereocenters. The molecular weight excluding hydrogens is 459 g/mol. The highest BCUT2D eigenvalue weighted by Crippen LogP contribution is 2.33. The van der Waals surface area contributed by atoms with E-state index in [1.54, 1.807) is 0 Å². The molecule has 3 heterocycles. The van der Waals surface area contributed by atoms with Crippen molar-refractivity contribution >= 4 is 33.4 Å². The van der Waals surface area contributed by atoms with E-state index in [4.69, 9.17) is 4.52 Å². The van der Waals surface area contributed by atoms with Crippen LogP contribution in [0.5, 0.6) is 0 Å². The third kappa shape index (κ3) is 2.98. The fraction of sp³-hybridized carbons (Fsp3) is 0.158. The number of amides is 2. The fourth-order valence-electron chi connectivity index (χ4n) is 3.41. The summed E-state index contributed by atoms with van der Waals surface area (Å²) < 4.78 is 19.3. The number of imide groups is 1. The molecule has 2 aromatic carbocycles. The lowest BCUT2D eigenvalue weighted by atomic mass is 10.1. The first-order valence-electron chi connectivity index (χ1n) is 8.91. The summed E-state index contributed by atoms with van der Waals surface area (Å²) in [5, 5.41) is 13.2. The molecule has 0 saturated carbocycles. The van der Waals surface area contributed by atoms with Crippen LogP contribution in [-0.2, 0) is 16.1 Å². The van der Waals surface area contributed by atoms with Gasteiger partial charge in [-0.2, -0.15) is 10.1 Å². The molecule has 0 N–H and O–H groups in total. The number of anilines is 1. The molecule has 0 bridgehead atoms. The van der Waals surface area contributed by atoms with Crippen molar-refractivity contribution in [3.8, 4) is 11.4 Å². The van der Waals surface area contributed by atoms with Crippen LogP contribution in [-0.4, -0.2) is 39.0 Å². The van der Waals surface area contributed by atoms with Gasteiger partial charge in [-0.05, 0) is 36.4 Å². The average molecular weight is 471 g/mol. The van der Waals surface area contributed by atoms with Crippen molar-refractivity contribution in [2.24, 2.45) is 10.3 Å². The molecule has 9 nitrogen and oxygen atoms in total. The molecule has 0 spiro atoms. The Labute approximate surface area is 177 Å². The molecule has 2 amide bonds. The molecule has 2 aliphatic rings. The molecule has 2 atom stereocenters. The van der Waals surface area contributed by atoms with E-state index in [1.807, 2.05) is 24.3 Å². The number of carbonyl (C=O) groups excluding carboxylic acids is 2. The number of benzene rings is 2. The number of halogens is 2. The largest absolute Gasteiger partial charge is 0.337 e. The Balaban J connectivity index is 1.37. The first-order valence-corrected chi connectivity index (χ1v) is 9.70. The standard InChI is InChI=1S/C19H12BrFN6O3/c20-13-4-2-1-3-12(13)17-22-14(30-24-17)9-26-16-15(23-25-26)18(28)27(19(16)29)11-7-5-10(21)6-8-11/h1-8,15-16H,9H2. The van der Waals surface area contributed by atoms with E-state index in [0.717, 1.165) is 14.9 Å². The van der Waals surface area contributed by atoms with Crippen molar-refractivity contribution in [1.82, 2.24) is 15.1 Å². The Bertz CT molecular complexity index is 1180. The smallest absolute Gasteiger partial charge is 0.263 e. The third-order valence-electron chi connectivity index (χ3n) is 4.82. The molecule has 3 aromatic rings. The van der Waals surface area contributed by atoms with Gasteiger partial charge in [0.25, 0.3) is 11.8 Å². The maximum absolute atomic E-state index is 13.2. The lowest BCUT2D eigenvalue weighted by Gasteiger charge is -2.19. The Morgan fingerprint density at radius 3 is 2.60 bits per heavy atom. The van der Waals surface area contributed by atoms with Crippen LogP contribution in [0.4, 0.5) is 10.1 Å². The van der Waals surface area contributed by atoms with Crippen LogP contribution in [0.25, 0.3) is 11.4 Å². The minimum absolute atomic E-state index is 0.0123. The van der Waals surface area contributed by atoms with E-state index in [2.05, 4.69) is 36.4 Å². The molecule has 1 aromatic heterocycles. The van der Waals surface area contributed by atoms with Crippen LogP contribution in [0.1, 0.15) is 5.89 Å². The summed E-state index contributed by atoms with van der Waals surface area (Å²) in [5.41, 5.74) is 1.04. The normalized spacial score (nSPS) is 20.3. The summed E-state index contributed by atoms with van der Waals surface area (Å²) in [6.45, 7) is 0.0123. The molecule has 11 heteroatoms. The van der Waals surface area contributed by atoms with Crippen molar-refractivity contribution in [3.63, 3.8) is 0 Å². The summed E-state index contributed by atoms with van der Waals surface area (Å²) in [6, 6.07) is 10.6. The molecule has 1 saturated heterocycles. The van der Waals surface area contributed by atoms with Crippen molar-refractivity contribution in [2.75, 3.05) is 4.90 Å². The fourth-order valence-corrected chi connectivity index (χ4v) is 3.87. The zero-order valence-corrected chi connectivity index (χ0v) is 16.7. The maximum atomic E-state index is 13.2. The van der Waals surface area contributed by atoms with E-state index < -0.39 is 29.7 Å². The molecule has 0 radical (unpaired) electrons. The summed E-state index contributed by atoms with van der Waals surface area (Å²) in [6.07, 6.45) is 0. The van der Waals surface area contributed by atoms with Gasteiger partial charge < -0.3 is 4.52 Å². The quantitative estimate of drug-likeness (QED) is 0.542. The molecule has 2 aliphatic heterocycles. The number of fused-ring (bicyclic) bond motifs is 1. The molecular formula is C19H12BrFN6O3. The summed E-state index contributed by atoms with van der Waals surface area (Å²) in [7, 11) is 0. The predicted molar refractivity (Wildman–Crippen MR) is 104 cm³/mol. The highest BCUT2D eigenvalue weighted by Gasteiger charge is 2.55. The van der Waals surface area contributed by atoms with Crippen LogP contribution < -0.4 is 4.90 Å². The summed E-state index contributed by atoms with van der Waals surface area (Å²) >= 11 is 3.44. The van der Waals surface area contributed by atoms with Gasteiger partial charge in [-0.25, -0.2) is 9.29 Å². The van der Waals surface area contributed by atoms with Crippen molar-refractivity contribution in [1.29, 1.82) is 0 Å². The number of rotatable bonds is 4. The van der Waals surface area contributed by atoms with Gasteiger partial charge in [0.2, 0.25) is 11.7 Å². The lowest BCUT2D eigenvalue weighted by molar-refractivity contribution is -0.123. The number of nitrogens with zero attached hydrogens (tertiary/aromatic N) is 6. The third-order valence-corrected chi connectivity index (χ3v) is 5.51. The Morgan fingerprint density at radius 2 is 1.83 bits per heavy atom. The van der Waals surface area contributed by atoms with Gasteiger partial charge in [0, 0.05) is 10.0 Å². The summed E-state index contributed by atoms with van der Waals surface area (Å²) in [4.78, 5) is 31.0. The Morgan fingerprint density at radius 1 is 1.07 bits per heavy atom. The van der Waals surface area contributed by atoms with Gasteiger partial charge in [-0.3, -0.25) is 14.6 Å². The monoisotopic (exact) mass is 470 g/mol. The second-order valence-electron chi connectivity index (χ2n) is 6.67. The lowest BCUT2D eigenvalue weighted by Crippen LogP contribution is -2.39. The Kier molecular flexibility index (Phi) is 4.39. The van der Waals surface area contributed by atoms with Crippen molar-refractivity contribution < 1.29 is 18.5 Å². The van der Waals surface area contributed by atoms with Gasteiger partial charge in [0.1, 0.15) is 12.4 Å². The minimum atomic E-state index is -0.965. The number of hydrogen-bond donors (Lipinski definition) is 0. The number of aromatic nitrogens is 2. The molecule has 0 aliphatic carbocycles. The number of carbonyl (C=O) groups is 2. The van der Waals surface area contributed by atoms with Crippen molar-refractivity contribution in [2.45, 2.75) is 18.6 Å². The van der Waals surface area contributed by atoms with Crippen LogP contribution >= 0.6 is 15.9 Å². The van der Waals surface area contributed by atoms with Crippen LogP contribution in [0.15, 0.2) is 67.9 Å². The highest BCUT2D eigenvalue weighted by molar-refractivity contribution is 9.10. The van der Waals surface area contributed by atoms with Gasteiger partial charge in [-0.15, -0.1) is 0 Å². The number of hydrogen-bond acceptors (Lipinski definition) is 8. The second-order valence-corrected chi connectivity index (χ2v) is 7.53. The zero-order chi connectivity index (χ0) is 20.8. The van der Waals surface area contributed by atoms with Gasteiger partial charge in [-0.1, -0.05) is 38.4 Å². The Hall–Kier alpha value is -3.47. The second kappa shape index (κ2) is 7.10. The highest BCUT2D eigenvalue weighted by atomic mass is 79.9. The molecule has 1 fully saturated rings. The van der Waals surface area contributed by atoms with E-state index in [-0.39, 0.29) is 18.1 Å². The first kappa shape index (κ1) is 18.6. The SMILES string of the molecule is O=C1C2N=NN(Cc3nc(-c4ccccc4Br)no3)C2C(=O)N1c1ccc(F)cc1. The van der Waals surface area contributed by atoms with Crippen LogP contribution in [0.3, 0.4) is 0 Å². The molecule has 5 rings (SSSR count). The van der Waals surface area contributed by atoms with Crippen molar-refractivity contribution in [3.05, 3.63) is 64.7 Å². The zero-order valence-electron chi connectivity index (χ0n) is 15.1. The summed E-state index contributed by atoms with van der Waals surface area (Å²) in [5.74, 6) is -0.862. The molecule has 150 valence electrons. The van der Waals surface area contributed by atoms with E-state index in [0.29, 0.717) is 5.82 Å². The van der Waals surface area contributed by atoms with Crippen LogP contribution in [0, 0.1) is 5.82 Å². The average Bonchev–Trinajstić information content (AvgIpc) is 3.42. The van der Waals surface area contributed by atoms with E-state index >= 15 is 0 Å². The van der Waals surface area contributed by atoms with Gasteiger partial charge >= 0.3 is 0 Å². The maximum Gasteiger partial charge on any atom is 0.263 e. The van der Waals surface area contributed by atoms with E-state index in [9.17, 15) is 14.0 Å². The van der Waals surface area contributed by atoms with Gasteiger partial charge in [0.15, 0.2) is 12.1 Å². The molecule has 30 heavy (non-hydrogen) atoms. The predicted octanol–water partition coefficient (Wildman–Crippen LogP) is 3.13. The van der Waals surface area contributed by atoms with Crippen LogP contribution in [0.2, 0.25) is 0 Å². The van der Waals surface area contributed by atoms with E-state index in [1.165, 1.54) is 29.3 Å².